The summed E-state index contributed by atoms with van der Waals surface area (Å²) >= 11 is 0. The van der Waals surface area contributed by atoms with Crippen LogP contribution in [0.15, 0.2) is 36.5 Å². The van der Waals surface area contributed by atoms with Gasteiger partial charge in [-0.2, -0.15) is 4.98 Å². The van der Waals surface area contributed by atoms with Crippen molar-refractivity contribution in [3.63, 3.8) is 0 Å². The van der Waals surface area contributed by atoms with E-state index in [4.69, 9.17) is 9.47 Å². The molecule has 0 bridgehead atoms. The van der Waals surface area contributed by atoms with Crippen molar-refractivity contribution >= 4 is 17.5 Å². The minimum atomic E-state index is 0.604. The van der Waals surface area contributed by atoms with Gasteiger partial charge in [0.05, 0.1) is 6.61 Å². The second kappa shape index (κ2) is 8.84. The monoisotopic (exact) mass is 302 g/mol. The molecule has 2 N–H and O–H groups in total. The summed E-state index contributed by atoms with van der Waals surface area (Å²) in [5.41, 5.74) is 0.951. The Morgan fingerprint density at radius 2 is 1.95 bits per heavy atom. The van der Waals surface area contributed by atoms with Crippen molar-refractivity contribution < 1.29 is 9.47 Å². The van der Waals surface area contributed by atoms with Crippen molar-refractivity contribution in [2.24, 2.45) is 0 Å². The highest BCUT2D eigenvalue weighted by Crippen LogP contribution is 2.19. The third-order valence-corrected chi connectivity index (χ3v) is 2.90. The molecule has 1 aromatic carbocycles. The highest BCUT2D eigenvalue weighted by atomic mass is 16.5. The lowest BCUT2D eigenvalue weighted by Crippen LogP contribution is -2.08. The van der Waals surface area contributed by atoms with Gasteiger partial charge >= 0.3 is 0 Å². The van der Waals surface area contributed by atoms with E-state index >= 15 is 0 Å². The molecule has 1 heterocycles. The van der Waals surface area contributed by atoms with Crippen molar-refractivity contribution in [2.75, 3.05) is 37.5 Å². The molecule has 1 aromatic heterocycles. The summed E-state index contributed by atoms with van der Waals surface area (Å²) in [6, 6.07) is 9.60. The van der Waals surface area contributed by atoms with Crippen LogP contribution in [0.3, 0.4) is 0 Å². The summed E-state index contributed by atoms with van der Waals surface area (Å²) in [4.78, 5) is 8.61. The molecule has 118 valence electrons. The maximum atomic E-state index is 5.42. The minimum Gasteiger partial charge on any atom is -0.494 e. The minimum absolute atomic E-state index is 0.604. The Morgan fingerprint density at radius 3 is 2.68 bits per heavy atom. The first-order valence-electron chi connectivity index (χ1n) is 7.37. The Kier molecular flexibility index (Phi) is 6.44. The molecule has 0 atom stereocenters. The molecule has 6 heteroatoms. The largest absolute Gasteiger partial charge is 0.494 e. The number of anilines is 3. The summed E-state index contributed by atoms with van der Waals surface area (Å²) < 4.78 is 10.4. The average molecular weight is 302 g/mol. The second-order valence-electron chi connectivity index (χ2n) is 4.62. The number of ether oxygens (including phenoxy) is 2. The zero-order valence-electron chi connectivity index (χ0n) is 13.0. The van der Waals surface area contributed by atoms with Gasteiger partial charge in [-0.15, -0.1) is 0 Å². The van der Waals surface area contributed by atoms with Gasteiger partial charge in [0.25, 0.3) is 0 Å². The molecule has 0 aliphatic carbocycles. The zero-order valence-corrected chi connectivity index (χ0v) is 13.0. The van der Waals surface area contributed by atoms with E-state index in [-0.39, 0.29) is 0 Å². The molecule has 0 unspecified atom stereocenters. The Hall–Kier alpha value is -2.34. The quantitative estimate of drug-likeness (QED) is 0.694. The number of hydrogen-bond donors (Lipinski definition) is 2. The van der Waals surface area contributed by atoms with Crippen LogP contribution < -0.4 is 15.4 Å². The van der Waals surface area contributed by atoms with E-state index in [1.807, 2.05) is 37.3 Å². The number of benzene rings is 1. The second-order valence-corrected chi connectivity index (χ2v) is 4.62. The zero-order chi connectivity index (χ0) is 15.6. The van der Waals surface area contributed by atoms with Gasteiger partial charge in [0.1, 0.15) is 11.6 Å². The number of hydrogen-bond acceptors (Lipinski definition) is 6. The van der Waals surface area contributed by atoms with Crippen LogP contribution in [0.2, 0.25) is 0 Å². The smallest absolute Gasteiger partial charge is 0.224 e. The number of nitrogens with zero attached hydrogens (tertiary/aromatic N) is 2. The van der Waals surface area contributed by atoms with Gasteiger partial charge in [0, 0.05) is 32.1 Å². The van der Waals surface area contributed by atoms with Gasteiger partial charge in [-0.1, -0.05) is 0 Å². The number of methoxy groups -OCH3 is 1. The topological polar surface area (TPSA) is 68.3 Å². The van der Waals surface area contributed by atoms with Crippen molar-refractivity contribution in [3.8, 4) is 5.75 Å². The van der Waals surface area contributed by atoms with Crippen molar-refractivity contribution in [1.29, 1.82) is 0 Å². The lowest BCUT2D eigenvalue weighted by Gasteiger charge is -2.09. The van der Waals surface area contributed by atoms with E-state index < -0.39 is 0 Å². The van der Waals surface area contributed by atoms with Gasteiger partial charge in [0.15, 0.2) is 0 Å². The van der Waals surface area contributed by atoms with Crippen LogP contribution in [-0.2, 0) is 4.74 Å². The number of nitrogens with one attached hydrogen (secondary N) is 2. The van der Waals surface area contributed by atoms with Crippen LogP contribution in [-0.4, -0.2) is 36.8 Å². The molecule has 0 saturated carbocycles. The number of aromatic nitrogens is 2. The van der Waals surface area contributed by atoms with Crippen LogP contribution in [0.5, 0.6) is 5.75 Å². The molecule has 2 rings (SSSR count). The third kappa shape index (κ3) is 5.21. The fourth-order valence-corrected chi connectivity index (χ4v) is 1.88. The number of rotatable bonds is 9. The molecule has 0 aliphatic heterocycles. The van der Waals surface area contributed by atoms with Gasteiger partial charge < -0.3 is 20.1 Å². The lowest BCUT2D eigenvalue weighted by atomic mass is 10.3. The molecule has 0 fully saturated rings. The summed E-state index contributed by atoms with van der Waals surface area (Å²) in [6.45, 7) is 4.13. The van der Waals surface area contributed by atoms with Crippen molar-refractivity contribution in [2.45, 2.75) is 13.3 Å². The predicted molar refractivity (Wildman–Crippen MR) is 87.9 cm³/mol. The molecular weight excluding hydrogens is 280 g/mol. The Bertz CT molecular complexity index is 560. The van der Waals surface area contributed by atoms with Gasteiger partial charge in [-0.3, -0.25) is 0 Å². The lowest BCUT2D eigenvalue weighted by molar-refractivity contribution is 0.197. The van der Waals surface area contributed by atoms with Gasteiger partial charge in [0.2, 0.25) is 5.95 Å². The standard InChI is InChI=1S/C16H22N4O2/c1-3-22-14-7-5-13(6-8-14)19-15-9-11-18-16(20-15)17-10-4-12-21-2/h5-9,11H,3-4,10,12H2,1-2H3,(H2,17,18,19,20). The predicted octanol–water partition coefficient (Wildman–Crippen LogP) is 3.07. The van der Waals surface area contributed by atoms with Crippen molar-refractivity contribution in [3.05, 3.63) is 36.5 Å². The fourth-order valence-electron chi connectivity index (χ4n) is 1.88. The maximum absolute atomic E-state index is 5.42. The maximum Gasteiger partial charge on any atom is 0.224 e. The van der Waals surface area contributed by atoms with E-state index in [0.717, 1.165) is 36.8 Å². The fraction of sp³-hybridized carbons (Fsp3) is 0.375. The van der Waals surface area contributed by atoms with Crippen LogP contribution in [0.4, 0.5) is 17.5 Å². The van der Waals surface area contributed by atoms with E-state index in [1.54, 1.807) is 13.3 Å². The summed E-state index contributed by atoms with van der Waals surface area (Å²) in [7, 11) is 1.69. The Labute approximate surface area is 130 Å². The van der Waals surface area contributed by atoms with Crippen LogP contribution in [0, 0.1) is 0 Å². The average Bonchev–Trinajstić information content (AvgIpc) is 2.54. The Balaban J connectivity index is 1.91. The summed E-state index contributed by atoms with van der Waals surface area (Å²) in [6.07, 6.45) is 2.64. The molecular formula is C16H22N4O2. The SMILES string of the molecule is CCOc1ccc(Nc2ccnc(NCCCOC)n2)cc1. The first-order chi connectivity index (χ1) is 10.8. The molecule has 2 aromatic rings. The van der Waals surface area contributed by atoms with E-state index in [9.17, 15) is 0 Å². The van der Waals surface area contributed by atoms with Crippen LogP contribution >= 0.6 is 0 Å². The van der Waals surface area contributed by atoms with E-state index in [2.05, 4.69) is 20.6 Å². The normalized spacial score (nSPS) is 10.3. The van der Waals surface area contributed by atoms with Gasteiger partial charge in [-0.05, 0) is 43.7 Å². The Morgan fingerprint density at radius 1 is 1.14 bits per heavy atom. The van der Waals surface area contributed by atoms with Crippen LogP contribution in [0.1, 0.15) is 13.3 Å². The molecule has 0 amide bonds. The molecule has 22 heavy (non-hydrogen) atoms. The van der Waals surface area contributed by atoms with Gasteiger partial charge in [-0.25, -0.2) is 4.98 Å². The van der Waals surface area contributed by atoms with Crippen LogP contribution in [0.25, 0.3) is 0 Å². The molecule has 0 spiro atoms. The molecule has 0 saturated heterocycles. The first-order valence-corrected chi connectivity index (χ1v) is 7.37. The molecule has 0 radical (unpaired) electrons. The summed E-state index contributed by atoms with van der Waals surface area (Å²) in [5, 5.41) is 6.41. The third-order valence-electron chi connectivity index (χ3n) is 2.90. The first kappa shape index (κ1) is 16.0. The van der Waals surface area contributed by atoms with E-state index in [0.29, 0.717) is 12.6 Å². The van der Waals surface area contributed by atoms with Crippen molar-refractivity contribution in [1.82, 2.24) is 9.97 Å². The molecule has 0 aliphatic rings. The summed E-state index contributed by atoms with van der Waals surface area (Å²) in [5.74, 6) is 2.21. The van der Waals surface area contributed by atoms with E-state index in [1.165, 1.54) is 0 Å². The molecule has 6 nitrogen and oxygen atoms in total. The highest BCUT2D eigenvalue weighted by Gasteiger charge is 2.00. The highest BCUT2D eigenvalue weighted by molar-refractivity contribution is 5.57.